The summed E-state index contributed by atoms with van der Waals surface area (Å²) in [7, 11) is -1.45. The van der Waals surface area contributed by atoms with Crippen molar-refractivity contribution < 1.29 is 22.7 Å². The molecule has 4 rings (SSSR count). The van der Waals surface area contributed by atoms with E-state index in [-0.39, 0.29) is 33.3 Å². The number of halogens is 1. The van der Waals surface area contributed by atoms with Crippen LogP contribution in [0.25, 0.3) is 10.2 Å². The summed E-state index contributed by atoms with van der Waals surface area (Å²) < 4.78 is 40.6. The minimum atomic E-state index is -4.06. The van der Waals surface area contributed by atoms with Crippen LogP contribution in [-0.2, 0) is 21.3 Å². The third kappa shape index (κ3) is 4.65. The summed E-state index contributed by atoms with van der Waals surface area (Å²) >= 11 is 7.18. The normalized spacial score (nSPS) is 11.4. The largest absolute Gasteiger partial charge is 0.495 e. The first kappa shape index (κ1) is 23.8. The SMILES string of the molecule is COC(=O)c1ccc(OC)c(NS(=O)(=O)c2ccc3c(c2)sc(=O)n3Cc2ccccc2Cl)c1. The Kier molecular flexibility index (Phi) is 6.65. The first-order valence-corrected chi connectivity index (χ1v) is 12.6. The van der Waals surface area contributed by atoms with E-state index >= 15 is 0 Å². The Hall–Kier alpha value is -3.34. The first-order valence-electron chi connectivity index (χ1n) is 9.89. The van der Waals surface area contributed by atoms with Gasteiger partial charge in [0, 0.05) is 5.02 Å². The molecule has 0 atom stereocenters. The second kappa shape index (κ2) is 9.49. The number of anilines is 1. The molecule has 0 amide bonds. The number of sulfonamides is 1. The van der Waals surface area contributed by atoms with Crippen molar-refractivity contribution in [3.63, 3.8) is 0 Å². The van der Waals surface area contributed by atoms with Crippen molar-refractivity contribution in [2.45, 2.75) is 11.4 Å². The van der Waals surface area contributed by atoms with Gasteiger partial charge in [0.15, 0.2) is 0 Å². The molecule has 0 spiro atoms. The third-order valence-electron chi connectivity index (χ3n) is 5.10. The standard InChI is InChI=1S/C23H19ClN2O6S2/c1-31-20-10-7-14(22(27)32-2)11-18(20)25-34(29,30)16-8-9-19-21(12-16)33-23(28)26(19)13-15-5-3-4-6-17(15)24/h3-12,25H,13H2,1-2H3. The van der Waals surface area contributed by atoms with Crippen LogP contribution in [0.5, 0.6) is 5.75 Å². The average molecular weight is 519 g/mol. The Morgan fingerprint density at radius 1 is 1.09 bits per heavy atom. The van der Waals surface area contributed by atoms with E-state index in [1.165, 1.54) is 44.6 Å². The highest BCUT2D eigenvalue weighted by molar-refractivity contribution is 7.92. The second-order valence-electron chi connectivity index (χ2n) is 7.19. The van der Waals surface area contributed by atoms with Crippen LogP contribution in [0.2, 0.25) is 5.02 Å². The average Bonchev–Trinajstić information content (AvgIpc) is 3.13. The van der Waals surface area contributed by atoms with Gasteiger partial charge in [-0.3, -0.25) is 14.1 Å². The maximum atomic E-state index is 13.1. The molecule has 11 heteroatoms. The van der Waals surface area contributed by atoms with Crippen LogP contribution in [0.4, 0.5) is 5.69 Å². The molecule has 0 fully saturated rings. The summed E-state index contributed by atoms with van der Waals surface area (Å²) in [6, 6.07) is 15.9. The molecule has 0 bridgehead atoms. The van der Waals surface area contributed by atoms with Gasteiger partial charge in [-0.05, 0) is 48.0 Å². The molecule has 8 nitrogen and oxygen atoms in total. The lowest BCUT2D eigenvalue weighted by Crippen LogP contribution is -2.15. The van der Waals surface area contributed by atoms with Crippen molar-refractivity contribution in [1.29, 1.82) is 0 Å². The fourth-order valence-electron chi connectivity index (χ4n) is 3.40. The zero-order valence-corrected chi connectivity index (χ0v) is 20.5. The highest BCUT2D eigenvalue weighted by atomic mass is 35.5. The molecule has 0 aliphatic carbocycles. The number of nitrogens with zero attached hydrogens (tertiary/aromatic N) is 1. The molecule has 1 aromatic heterocycles. The smallest absolute Gasteiger partial charge is 0.337 e. The number of carbonyl (C=O) groups excluding carboxylic acids is 1. The number of thiazole rings is 1. The van der Waals surface area contributed by atoms with Gasteiger partial charge in [-0.2, -0.15) is 0 Å². The topological polar surface area (TPSA) is 104 Å². The molecule has 0 radical (unpaired) electrons. The maximum Gasteiger partial charge on any atom is 0.337 e. The van der Waals surface area contributed by atoms with Gasteiger partial charge < -0.3 is 9.47 Å². The Morgan fingerprint density at radius 2 is 1.85 bits per heavy atom. The number of hydrogen-bond donors (Lipinski definition) is 1. The minimum absolute atomic E-state index is 0.0448. The first-order chi connectivity index (χ1) is 16.2. The number of carbonyl (C=O) groups is 1. The lowest BCUT2D eigenvalue weighted by molar-refractivity contribution is 0.0600. The molecule has 1 heterocycles. The molecule has 176 valence electrons. The molecular weight excluding hydrogens is 500 g/mol. The van der Waals surface area contributed by atoms with Gasteiger partial charge in [-0.15, -0.1) is 0 Å². The fourth-order valence-corrected chi connectivity index (χ4v) is 5.68. The molecule has 0 saturated heterocycles. The molecule has 1 N–H and O–H groups in total. The zero-order valence-electron chi connectivity index (χ0n) is 18.1. The van der Waals surface area contributed by atoms with Gasteiger partial charge in [0.1, 0.15) is 5.75 Å². The van der Waals surface area contributed by atoms with Crippen molar-refractivity contribution in [2.75, 3.05) is 18.9 Å². The second-order valence-corrected chi connectivity index (χ2v) is 10.3. The minimum Gasteiger partial charge on any atom is -0.495 e. The van der Waals surface area contributed by atoms with Crippen molar-refractivity contribution in [3.05, 3.63) is 86.5 Å². The van der Waals surface area contributed by atoms with Crippen LogP contribution in [0.3, 0.4) is 0 Å². The summed E-state index contributed by atoms with van der Waals surface area (Å²) in [6.07, 6.45) is 0. The number of hydrogen-bond acceptors (Lipinski definition) is 7. The quantitative estimate of drug-likeness (QED) is 0.364. The van der Waals surface area contributed by atoms with E-state index < -0.39 is 16.0 Å². The van der Waals surface area contributed by atoms with E-state index in [4.69, 9.17) is 21.1 Å². The van der Waals surface area contributed by atoms with E-state index in [0.717, 1.165) is 16.9 Å². The number of benzene rings is 3. The van der Waals surface area contributed by atoms with E-state index in [0.29, 0.717) is 15.2 Å². The number of aromatic nitrogens is 1. The van der Waals surface area contributed by atoms with Gasteiger partial charge >= 0.3 is 10.8 Å². The molecule has 3 aromatic carbocycles. The molecule has 0 aliphatic rings. The van der Waals surface area contributed by atoms with Crippen LogP contribution >= 0.6 is 22.9 Å². The van der Waals surface area contributed by atoms with Gasteiger partial charge in [-0.1, -0.05) is 41.1 Å². The molecule has 0 aliphatic heterocycles. The van der Waals surface area contributed by atoms with Gasteiger partial charge in [-0.25, -0.2) is 13.2 Å². The van der Waals surface area contributed by atoms with Gasteiger partial charge in [0.25, 0.3) is 10.0 Å². The summed E-state index contributed by atoms with van der Waals surface area (Å²) in [4.78, 5) is 24.2. The summed E-state index contributed by atoms with van der Waals surface area (Å²) in [5, 5.41) is 0.542. The van der Waals surface area contributed by atoms with Crippen LogP contribution in [0.1, 0.15) is 15.9 Å². The maximum absolute atomic E-state index is 13.1. The molecule has 0 saturated carbocycles. The van der Waals surface area contributed by atoms with Crippen LogP contribution < -0.4 is 14.3 Å². The highest BCUT2D eigenvalue weighted by Gasteiger charge is 2.20. The van der Waals surface area contributed by atoms with Crippen LogP contribution in [0.15, 0.2) is 70.4 Å². The van der Waals surface area contributed by atoms with Crippen LogP contribution in [0, 0.1) is 0 Å². The van der Waals surface area contributed by atoms with E-state index in [1.54, 1.807) is 22.8 Å². The Morgan fingerprint density at radius 3 is 2.56 bits per heavy atom. The molecule has 0 unspecified atom stereocenters. The lowest BCUT2D eigenvalue weighted by atomic mass is 10.2. The Balaban J connectivity index is 1.70. The Bertz CT molecular complexity index is 1560. The number of ether oxygens (including phenoxy) is 2. The van der Waals surface area contributed by atoms with Gasteiger partial charge in [0.2, 0.25) is 0 Å². The summed E-state index contributed by atoms with van der Waals surface area (Å²) in [5.41, 5.74) is 1.61. The predicted octanol–water partition coefficient (Wildman–Crippen LogP) is 4.36. The molecule has 4 aromatic rings. The van der Waals surface area contributed by atoms with Gasteiger partial charge in [0.05, 0.1) is 47.1 Å². The fraction of sp³-hybridized carbons (Fsp3) is 0.130. The van der Waals surface area contributed by atoms with Crippen molar-refractivity contribution in [1.82, 2.24) is 4.57 Å². The molecule has 34 heavy (non-hydrogen) atoms. The molecular formula is C23H19ClN2O6S2. The van der Waals surface area contributed by atoms with Crippen LogP contribution in [-0.4, -0.2) is 33.2 Å². The summed E-state index contributed by atoms with van der Waals surface area (Å²) in [5.74, 6) is -0.387. The number of fused-ring (bicyclic) bond motifs is 1. The van der Waals surface area contributed by atoms with E-state index in [9.17, 15) is 18.0 Å². The monoisotopic (exact) mass is 518 g/mol. The third-order valence-corrected chi connectivity index (χ3v) is 7.78. The lowest BCUT2D eigenvalue weighted by Gasteiger charge is -2.13. The van der Waals surface area contributed by atoms with Crippen molar-refractivity contribution in [3.8, 4) is 5.75 Å². The number of rotatable bonds is 7. The van der Waals surface area contributed by atoms with Crippen molar-refractivity contribution >= 4 is 54.8 Å². The number of methoxy groups -OCH3 is 2. The zero-order chi connectivity index (χ0) is 24.5. The predicted molar refractivity (Wildman–Crippen MR) is 132 cm³/mol. The number of esters is 1. The number of nitrogens with one attached hydrogen (secondary N) is 1. The highest BCUT2D eigenvalue weighted by Crippen LogP contribution is 2.30. The van der Waals surface area contributed by atoms with Crippen molar-refractivity contribution in [2.24, 2.45) is 0 Å². The Labute approximate surface area is 204 Å². The van der Waals surface area contributed by atoms with E-state index in [2.05, 4.69) is 4.72 Å². The summed E-state index contributed by atoms with van der Waals surface area (Å²) in [6.45, 7) is 0.264. The van der Waals surface area contributed by atoms with E-state index in [1.807, 2.05) is 12.1 Å².